The smallest absolute Gasteiger partial charge is 0.205 e. The highest BCUT2D eigenvalue weighted by Crippen LogP contribution is 2.44. The number of aryl methyl sites for hydroxylation is 1. The Morgan fingerprint density at radius 1 is 0.959 bits per heavy atom. The molecular weight excluding hydrogens is 663 g/mol. The van der Waals surface area contributed by atoms with Gasteiger partial charge in [-0.2, -0.15) is 0 Å². The summed E-state index contributed by atoms with van der Waals surface area (Å²) in [5.74, 6) is -1.74. The van der Waals surface area contributed by atoms with Gasteiger partial charge in [-0.1, -0.05) is 86.5 Å². The molecule has 5 atom stereocenters. The second kappa shape index (κ2) is 16.4. The number of thiazole rings is 1. The van der Waals surface area contributed by atoms with Crippen LogP contribution in [0.5, 0.6) is 0 Å². The SMILES string of the molecule is C/C1=C/CC(/C(C)=C/c2csc(C)n2)C(=O)C(=O)CC(O[Si](C)(C)C(C)(C)C)C(C)(C)C(=O)C(C)C(O[Si](C)(C)C(C)(C)C)C(C)CCC1. The van der Waals surface area contributed by atoms with E-state index in [1.54, 1.807) is 11.3 Å². The van der Waals surface area contributed by atoms with Gasteiger partial charge in [0.25, 0.3) is 0 Å². The lowest BCUT2D eigenvalue weighted by Gasteiger charge is -2.46. The van der Waals surface area contributed by atoms with Crippen LogP contribution in [0.3, 0.4) is 0 Å². The summed E-state index contributed by atoms with van der Waals surface area (Å²) < 4.78 is 14.1. The van der Waals surface area contributed by atoms with E-state index < -0.39 is 51.6 Å². The number of allylic oxidation sites excluding steroid dienone is 3. The van der Waals surface area contributed by atoms with Crippen LogP contribution in [0.25, 0.3) is 6.08 Å². The normalized spacial score (nSPS) is 27.6. The van der Waals surface area contributed by atoms with Crippen molar-refractivity contribution in [2.45, 2.75) is 171 Å². The van der Waals surface area contributed by atoms with Crippen LogP contribution in [0.4, 0.5) is 0 Å². The molecule has 0 aliphatic heterocycles. The molecule has 6 nitrogen and oxygen atoms in total. The Kier molecular flexibility index (Phi) is 14.6. The van der Waals surface area contributed by atoms with E-state index in [9.17, 15) is 14.4 Å². The number of nitrogens with zero attached hydrogens (tertiary/aromatic N) is 1. The molecule has 0 saturated carbocycles. The predicted octanol–water partition coefficient (Wildman–Crippen LogP) is 11.2. The number of rotatable bonds is 6. The Morgan fingerprint density at radius 3 is 2.02 bits per heavy atom. The molecule has 0 saturated heterocycles. The van der Waals surface area contributed by atoms with E-state index in [2.05, 4.69) is 92.6 Å². The summed E-state index contributed by atoms with van der Waals surface area (Å²) in [6.45, 7) is 36.0. The highest BCUT2D eigenvalue weighted by Gasteiger charge is 2.50. The number of Topliss-reactive ketones (excluding diaryl/α,β-unsaturated/α-hetero) is 3. The van der Waals surface area contributed by atoms with Crippen molar-refractivity contribution in [2.24, 2.45) is 23.2 Å². The molecule has 9 heteroatoms. The highest BCUT2D eigenvalue weighted by molar-refractivity contribution is 7.09. The van der Waals surface area contributed by atoms with Gasteiger partial charge in [-0.15, -0.1) is 11.3 Å². The van der Waals surface area contributed by atoms with Crippen molar-refractivity contribution in [1.29, 1.82) is 0 Å². The second-order valence-corrected chi connectivity index (χ2v) is 29.0. The van der Waals surface area contributed by atoms with Crippen LogP contribution < -0.4 is 0 Å². The van der Waals surface area contributed by atoms with Crippen LogP contribution in [0.15, 0.2) is 22.6 Å². The fraction of sp³-hybridized carbons (Fsp3) is 0.750. The standard InChI is InChI=1S/C40H69NO5SSi2/c1-26-19-18-20-27(2)36(46-49(16,17)39(9,10)11)29(4)37(44)40(12,13)34(45-48(14,15)38(6,7)8)24-33(42)35(43)32(22-21-26)28(3)23-31-25-47-30(5)41-31/h21,23,25,27,29,32,34,36H,18-20,22,24H2,1-17H3/b26-21-,28-23+. The first kappa shape index (κ1) is 43.6. The topological polar surface area (TPSA) is 82.6 Å². The fourth-order valence-corrected chi connectivity index (χ4v) is 9.61. The summed E-state index contributed by atoms with van der Waals surface area (Å²) in [6, 6.07) is 0. The summed E-state index contributed by atoms with van der Waals surface area (Å²) in [4.78, 5) is 47.8. The Labute approximate surface area is 305 Å². The Bertz CT molecular complexity index is 1390. The quantitative estimate of drug-likeness (QED) is 0.165. The van der Waals surface area contributed by atoms with Gasteiger partial charge in [0, 0.05) is 29.1 Å². The van der Waals surface area contributed by atoms with Crippen molar-refractivity contribution in [1.82, 2.24) is 4.98 Å². The summed E-state index contributed by atoms with van der Waals surface area (Å²) in [7, 11) is -4.70. The highest BCUT2D eigenvalue weighted by atomic mass is 32.1. The molecule has 1 aliphatic carbocycles. The van der Waals surface area contributed by atoms with E-state index in [4.69, 9.17) is 8.85 Å². The average molecular weight is 732 g/mol. The summed E-state index contributed by atoms with van der Waals surface area (Å²) in [6.07, 6.45) is 6.13. The van der Waals surface area contributed by atoms with E-state index in [1.807, 2.05) is 46.1 Å². The molecule has 1 aromatic rings. The van der Waals surface area contributed by atoms with Crippen molar-refractivity contribution in [3.05, 3.63) is 33.3 Å². The van der Waals surface area contributed by atoms with Gasteiger partial charge in [0.2, 0.25) is 11.6 Å². The van der Waals surface area contributed by atoms with Gasteiger partial charge in [0.1, 0.15) is 5.78 Å². The minimum Gasteiger partial charge on any atom is -0.413 e. The molecule has 0 fully saturated rings. The maximum Gasteiger partial charge on any atom is 0.205 e. The maximum absolute atomic E-state index is 14.9. The molecule has 278 valence electrons. The van der Waals surface area contributed by atoms with Crippen molar-refractivity contribution in [3.8, 4) is 0 Å². The van der Waals surface area contributed by atoms with Crippen LogP contribution in [0.2, 0.25) is 36.3 Å². The van der Waals surface area contributed by atoms with Crippen LogP contribution in [0.1, 0.15) is 126 Å². The van der Waals surface area contributed by atoms with E-state index in [-0.39, 0.29) is 34.3 Å². The van der Waals surface area contributed by atoms with Gasteiger partial charge < -0.3 is 8.85 Å². The molecule has 49 heavy (non-hydrogen) atoms. The van der Waals surface area contributed by atoms with E-state index >= 15 is 0 Å². The number of hydrogen-bond acceptors (Lipinski definition) is 7. The number of ketones is 3. The first-order chi connectivity index (χ1) is 22.1. The molecule has 1 aromatic heterocycles. The monoisotopic (exact) mass is 731 g/mol. The van der Waals surface area contributed by atoms with Crippen LogP contribution in [-0.2, 0) is 23.2 Å². The molecule has 5 unspecified atom stereocenters. The first-order valence-electron chi connectivity index (χ1n) is 18.3. The fourth-order valence-electron chi connectivity index (χ4n) is 6.13. The molecule has 0 radical (unpaired) electrons. The lowest BCUT2D eigenvalue weighted by molar-refractivity contribution is -0.145. The molecule has 0 aromatic carbocycles. The van der Waals surface area contributed by atoms with Gasteiger partial charge in [-0.25, -0.2) is 4.98 Å². The van der Waals surface area contributed by atoms with E-state index in [0.717, 1.165) is 35.5 Å². The Balaban J connectivity index is 2.73. The second-order valence-electron chi connectivity index (χ2n) is 18.5. The van der Waals surface area contributed by atoms with Gasteiger partial charge in [-0.05, 0) is 94.7 Å². The van der Waals surface area contributed by atoms with Crippen molar-refractivity contribution < 1.29 is 23.2 Å². The van der Waals surface area contributed by atoms with Crippen molar-refractivity contribution >= 4 is 51.4 Å². The third kappa shape index (κ3) is 11.2. The van der Waals surface area contributed by atoms with Gasteiger partial charge in [0.05, 0.1) is 22.9 Å². The van der Waals surface area contributed by atoms with Crippen LogP contribution in [0, 0.1) is 30.1 Å². The minimum atomic E-state index is -2.47. The zero-order chi connectivity index (χ0) is 37.9. The number of aromatic nitrogens is 1. The molecular formula is C40H69NO5SSi2. The van der Waals surface area contributed by atoms with Gasteiger partial charge in [0.15, 0.2) is 16.6 Å². The molecule has 0 bridgehead atoms. The molecule has 0 amide bonds. The van der Waals surface area contributed by atoms with Gasteiger partial charge >= 0.3 is 0 Å². The molecule has 2 rings (SSSR count). The zero-order valence-electron chi connectivity index (χ0n) is 34.1. The number of hydrogen-bond donors (Lipinski definition) is 0. The van der Waals surface area contributed by atoms with Gasteiger partial charge in [-0.3, -0.25) is 14.4 Å². The van der Waals surface area contributed by atoms with Crippen LogP contribution in [-0.4, -0.2) is 51.2 Å². The van der Waals surface area contributed by atoms with Crippen molar-refractivity contribution in [3.63, 3.8) is 0 Å². The lowest BCUT2D eigenvalue weighted by Crippen LogP contribution is -2.54. The Hall–Kier alpha value is -1.53. The number of carbonyl (C=O) groups is 3. The average Bonchev–Trinajstić information content (AvgIpc) is 3.36. The minimum absolute atomic E-state index is 0.0121. The summed E-state index contributed by atoms with van der Waals surface area (Å²) in [5, 5.41) is 2.76. The Morgan fingerprint density at radius 2 is 1.51 bits per heavy atom. The lowest BCUT2D eigenvalue weighted by atomic mass is 9.72. The molecule has 1 aliphatic rings. The van der Waals surface area contributed by atoms with Crippen LogP contribution >= 0.6 is 11.3 Å². The third-order valence-electron chi connectivity index (χ3n) is 11.8. The van der Waals surface area contributed by atoms with E-state index in [0.29, 0.717) is 6.42 Å². The summed E-state index contributed by atoms with van der Waals surface area (Å²) >= 11 is 1.56. The molecule has 0 spiro atoms. The zero-order valence-corrected chi connectivity index (χ0v) is 36.9. The van der Waals surface area contributed by atoms with Crippen molar-refractivity contribution in [2.75, 3.05) is 0 Å². The predicted molar refractivity (Wildman–Crippen MR) is 212 cm³/mol. The largest absolute Gasteiger partial charge is 0.413 e. The third-order valence-corrected chi connectivity index (χ3v) is 21.6. The first-order valence-corrected chi connectivity index (χ1v) is 25.0. The molecule has 1 heterocycles. The summed E-state index contributed by atoms with van der Waals surface area (Å²) in [5.41, 5.74) is 1.79. The number of carbonyl (C=O) groups excluding carboxylic acids is 3. The molecule has 0 N–H and O–H groups in total. The van der Waals surface area contributed by atoms with E-state index in [1.165, 1.54) is 5.57 Å². The maximum atomic E-state index is 14.9.